The van der Waals surface area contributed by atoms with E-state index in [0.29, 0.717) is 21.2 Å². The second kappa shape index (κ2) is 14.4. The van der Waals surface area contributed by atoms with E-state index in [9.17, 15) is 19.2 Å². The lowest BCUT2D eigenvalue weighted by atomic mass is 9.97. The molecular weight excluding hydrogens is 677 g/mol. The third kappa shape index (κ3) is 6.14. The molecule has 0 aliphatic carbocycles. The maximum absolute atomic E-state index is 10.1. The minimum absolute atomic E-state index is 0.0715. The summed E-state index contributed by atoms with van der Waals surface area (Å²) in [6, 6.07) is -4.86. The van der Waals surface area contributed by atoms with E-state index in [-0.39, 0.29) is 5.56 Å². The lowest BCUT2D eigenvalue weighted by Crippen LogP contribution is -2.11. The lowest BCUT2D eigenvalue weighted by molar-refractivity contribution is 1.18. The van der Waals surface area contributed by atoms with Crippen LogP contribution < -0.4 is 4.90 Å². The molecule has 0 N–H and O–H groups in total. The summed E-state index contributed by atoms with van der Waals surface area (Å²) < 4.78 is 238. The Bertz CT molecular complexity index is 4360. The van der Waals surface area contributed by atoms with Crippen LogP contribution in [-0.4, -0.2) is 4.57 Å². The van der Waals surface area contributed by atoms with Gasteiger partial charge in [0.1, 0.15) is 0 Å². The fraction of sp³-hybridized carbons (Fsp3) is 0. The predicted molar refractivity (Wildman–Crippen MR) is 237 cm³/mol. The van der Waals surface area contributed by atoms with E-state index in [0.717, 1.165) is 11.2 Å². The van der Waals surface area contributed by atoms with Crippen LogP contribution in [0.15, 0.2) is 230 Å². The molecule has 0 aliphatic heterocycles. The van der Waals surface area contributed by atoms with Gasteiger partial charge in [0.05, 0.1) is 52.4 Å². The van der Waals surface area contributed by atoms with Crippen molar-refractivity contribution in [1.29, 1.82) is 0 Å². The molecule has 9 aromatic carbocycles. The van der Waals surface area contributed by atoms with Gasteiger partial charge in [-0.1, -0.05) is 169 Å². The van der Waals surface area contributed by atoms with Crippen LogP contribution in [0.5, 0.6) is 0 Å². The number of rotatable bonds is 8. The van der Waals surface area contributed by atoms with Crippen LogP contribution >= 0.6 is 0 Å². The quantitative estimate of drug-likeness (QED) is 0.151. The van der Waals surface area contributed by atoms with Crippen LogP contribution in [0.3, 0.4) is 0 Å². The minimum Gasteiger partial charge on any atom is -0.310 e. The van der Waals surface area contributed by atoms with Crippen LogP contribution in [0.4, 0.5) is 17.1 Å². The van der Waals surface area contributed by atoms with Gasteiger partial charge in [-0.25, -0.2) is 0 Å². The van der Waals surface area contributed by atoms with Gasteiger partial charge in [0.2, 0.25) is 0 Å². The first-order chi connectivity index (χ1) is 38.6. The second-order valence-corrected chi connectivity index (χ2v) is 12.2. The van der Waals surface area contributed by atoms with E-state index >= 15 is 0 Å². The van der Waals surface area contributed by atoms with Gasteiger partial charge >= 0.3 is 0 Å². The fourth-order valence-corrected chi connectivity index (χ4v) is 6.42. The maximum Gasteiger partial charge on any atom is 0.0651 e. The number of benzene rings is 9. The molecule has 0 fully saturated rings. The van der Waals surface area contributed by atoms with Crippen molar-refractivity contribution in [1.82, 2.24) is 4.57 Å². The molecule has 56 heavy (non-hydrogen) atoms. The first kappa shape index (κ1) is 15.7. The average molecular weight is 741 g/mol. The molecule has 0 atom stereocenters. The van der Waals surface area contributed by atoms with Crippen LogP contribution in [0.25, 0.3) is 72.0 Å². The largest absolute Gasteiger partial charge is 0.310 e. The first-order valence-electron chi connectivity index (χ1n) is 30.1. The third-order valence-electron chi connectivity index (χ3n) is 8.91. The Kier molecular flexibility index (Phi) is 4.06. The van der Waals surface area contributed by atoms with E-state index in [2.05, 4.69) is 0 Å². The van der Waals surface area contributed by atoms with Crippen LogP contribution in [0.1, 0.15) is 35.6 Å². The summed E-state index contributed by atoms with van der Waals surface area (Å²) in [5.74, 6) is 0. The number of para-hydroxylation sites is 3. The van der Waals surface area contributed by atoms with Gasteiger partial charge in [-0.15, -0.1) is 0 Å². The van der Waals surface area contributed by atoms with Crippen LogP contribution in [0.2, 0.25) is 0 Å². The van der Waals surface area contributed by atoms with Crippen molar-refractivity contribution in [3.05, 3.63) is 230 Å². The van der Waals surface area contributed by atoms with Crippen molar-refractivity contribution in [3.8, 4) is 50.2 Å². The third-order valence-corrected chi connectivity index (χ3v) is 8.91. The zero-order chi connectivity index (χ0) is 59.9. The Balaban J connectivity index is 1.37. The van der Waals surface area contributed by atoms with Crippen molar-refractivity contribution in [2.45, 2.75) is 0 Å². The summed E-state index contributed by atoms with van der Waals surface area (Å²) in [6.07, 6.45) is 0. The molecule has 0 spiro atoms. The predicted octanol–water partition coefficient (Wildman–Crippen LogP) is 14.9. The van der Waals surface area contributed by atoms with Gasteiger partial charge in [-0.3, -0.25) is 0 Å². The zero-order valence-corrected chi connectivity index (χ0v) is 28.8. The Hall–Kier alpha value is -7.42. The zero-order valence-electron chi connectivity index (χ0n) is 54.8. The smallest absolute Gasteiger partial charge is 0.0651 e. The number of hydrogen-bond donors (Lipinski definition) is 0. The summed E-state index contributed by atoms with van der Waals surface area (Å²) in [7, 11) is 0. The standard InChI is InChI=1S/C54H38N2/c1-4-15-39(16-5-1)41-27-29-43(30-28-41)49-23-10-12-25-52(49)55(47-34-31-42(32-35-47)40-17-6-2-7-18-40)48-22-14-19-44(37-48)45-33-36-54-51(38-45)50-24-11-13-26-53(50)56(54)46-20-8-3-9-21-46/h1-38H/i1D,2D,4D,5D,6D,7D,10D,12D,14D,15D,16D,17D,18D,19D,22D,23D,25D,27D,28D,29D,30D,31D,32D,34D,35D,37D. The Morgan fingerprint density at radius 3 is 1.68 bits per heavy atom. The molecule has 264 valence electrons. The van der Waals surface area contributed by atoms with E-state index < -0.39 is 213 Å². The van der Waals surface area contributed by atoms with Gasteiger partial charge in [-0.05, 0) is 99.5 Å². The highest BCUT2D eigenvalue weighted by Gasteiger charge is 2.19. The number of fused-ring (bicyclic) bond motifs is 3. The molecule has 10 aromatic rings. The topological polar surface area (TPSA) is 8.17 Å². The lowest BCUT2D eigenvalue weighted by Gasteiger charge is -2.28. The van der Waals surface area contributed by atoms with Gasteiger partial charge < -0.3 is 9.47 Å². The minimum atomic E-state index is -1.20. The SMILES string of the molecule is [2H]c1c([2H])c([2H])c(-c2c([2H])c([2H])c(-c3c([2H])c([2H])c([2H])c([2H])c3N(c3c([2H])c([2H])c(-c4c([2H])c([2H])c([2H])c([2H])c4[2H])c([2H])c3[2H])c3c([2H])c([2H])c([2H])c(-c4ccc5c(c4)c4ccccc4n5-c4ccccc4)c3[2H])c([2H])c2[2H])c([2H])c1[2H]. The highest BCUT2D eigenvalue weighted by atomic mass is 15.1. The highest BCUT2D eigenvalue weighted by molar-refractivity contribution is 6.10. The molecule has 0 saturated carbocycles. The molecule has 0 radical (unpaired) electrons. The summed E-state index contributed by atoms with van der Waals surface area (Å²) in [4.78, 5) is 0.487. The van der Waals surface area contributed by atoms with Gasteiger partial charge in [-0.2, -0.15) is 0 Å². The molecular formula is C54H38N2. The Morgan fingerprint density at radius 2 is 0.946 bits per heavy atom. The van der Waals surface area contributed by atoms with E-state index in [4.69, 9.17) is 16.4 Å². The Morgan fingerprint density at radius 1 is 0.375 bits per heavy atom. The van der Waals surface area contributed by atoms with Crippen molar-refractivity contribution >= 4 is 38.9 Å². The first-order valence-corrected chi connectivity index (χ1v) is 17.1. The monoisotopic (exact) mass is 740 g/mol. The van der Waals surface area contributed by atoms with E-state index in [1.54, 1.807) is 18.2 Å². The molecule has 1 heterocycles. The molecule has 2 nitrogen and oxygen atoms in total. The average Bonchev–Trinajstić information content (AvgIpc) is 1.79. The molecule has 1 aromatic heterocycles. The summed E-state index contributed by atoms with van der Waals surface area (Å²) in [5, 5.41) is 1.28. The van der Waals surface area contributed by atoms with Crippen LogP contribution in [-0.2, 0) is 0 Å². The van der Waals surface area contributed by atoms with Crippen LogP contribution in [0, 0.1) is 0 Å². The van der Waals surface area contributed by atoms with E-state index in [1.807, 2.05) is 53.1 Å². The van der Waals surface area contributed by atoms with Crippen molar-refractivity contribution in [2.75, 3.05) is 4.90 Å². The van der Waals surface area contributed by atoms with Gasteiger partial charge in [0, 0.05) is 33.4 Å². The maximum atomic E-state index is 10.1. The normalized spacial score (nSPS) is 17.7. The molecule has 0 amide bonds. The molecule has 0 aliphatic rings. The van der Waals surface area contributed by atoms with Crippen molar-refractivity contribution in [3.63, 3.8) is 0 Å². The number of aromatic nitrogens is 1. The van der Waals surface area contributed by atoms with Crippen molar-refractivity contribution < 1.29 is 35.6 Å². The Labute approximate surface area is 364 Å². The molecule has 0 saturated heterocycles. The summed E-state index contributed by atoms with van der Waals surface area (Å²) in [5.41, 5.74) is -6.43. The van der Waals surface area contributed by atoms with Gasteiger partial charge in [0.15, 0.2) is 0 Å². The number of nitrogens with zero attached hydrogens (tertiary/aromatic N) is 2. The summed E-state index contributed by atoms with van der Waals surface area (Å²) in [6.45, 7) is 0. The molecule has 2 heteroatoms. The molecule has 0 bridgehead atoms. The highest BCUT2D eigenvalue weighted by Crippen LogP contribution is 2.43. The second-order valence-electron chi connectivity index (χ2n) is 12.2. The van der Waals surface area contributed by atoms with Crippen molar-refractivity contribution in [2.24, 2.45) is 0 Å². The number of anilines is 3. The number of hydrogen-bond acceptors (Lipinski definition) is 1. The fourth-order valence-electron chi connectivity index (χ4n) is 6.42. The molecule has 0 unspecified atom stereocenters. The summed E-state index contributed by atoms with van der Waals surface area (Å²) >= 11 is 0. The van der Waals surface area contributed by atoms with E-state index in [1.165, 1.54) is 6.07 Å². The van der Waals surface area contributed by atoms with Gasteiger partial charge in [0.25, 0.3) is 0 Å². The molecule has 10 rings (SSSR count).